The number of allylic oxidation sites excluding steroid dienone is 4. The number of hydrogen-bond donors (Lipinski definition) is 3. The van der Waals surface area contributed by atoms with Crippen LogP contribution in [0, 0.1) is 40.4 Å². The maximum atomic E-state index is 14.9. The number of hydrogen-bond acceptors (Lipinski definition) is 5. The Morgan fingerprint density at radius 2 is 1.58 bits per heavy atom. The molecule has 6 aliphatic rings. The largest absolute Gasteiger partial charge is 0.393 e. The Morgan fingerprint density at radius 3 is 2.36 bits per heavy atom. The maximum Gasteiger partial charge on any atom is 0.318 e. The Balaban J connectivity index is 1.11. The van der Waals surface area contributed by atoms with Crippen LogP contribution in [-0.2, 0) is 6.54 Å². The molecule has 6 aliphatic carbocycles. The third kappa shape index (κ3) is 5.39. The third-order valence-corrected chi connectivity index (χ3v) is 16.5. The molecule has 2 spiro atoms. The van der Waals surface area contributed by atoms with Crippen molar-refractivity contribution in [3.63, 3.8) is 0 Å². The van der Waals surface area contributed by atoms with E-state index in [1.807, 2.05) is 79.4 Å². The van der Waals surface area contributed by atoms with E-state index in [1.54, 1.807) is 11.3 Å². The van der Waals surface area contributed by atoms with Crippen molar-refractivity contribution in [2.45, 2.75) is 96.9 Å². The van der Waals surface area contributed by atoms with Crippen LogP contribution in [0.25, 0.3) is 10.8 Å². The van der Waals surface area contributed by atoms with Gasteiger partial charge < -0.3 is 20.4 Å². The van der Waals surface area contributed by atoms with Crippen LogP contribution in [0.3, 0.4) is 0 Å². The summed E-state index contributed by atoms with van der Waals surface area (Å²) in [6, 6.07) is 28.1. The van der Waals surface area contributed by atoms with Crippen molar-refractivity contribution < 1.29 is 19.8 Å². The number of nitrogens with one attached hydrogen (secondary N) is 1. The summed E-state index contributed by atoms with van der Waals surface area (Å²) in [5, 5.41) is 29.9. The van der Waals surface area contributed by atoms with Crippen LogP contribution >= 0.6 is 11.3 Å². The van der Waals surface area contributed by atoms with Crippen LogP contribution in [0.2, 0.25) is 0 Å². The molecule has 3 saturated carbocycles. The Hall–Kier alpha value is -4.04. The van der Waals surface area contributed by atoms with E-state index in [2.05, 4.69) is 61.7 Å². The van der Waals surface area contributed by atoms with E-state index < -0.39 is 22.5 Å². The lowest BCUT2D eigenvalue weighted by Crippen LogP contribution is -2.67. The molecule has 0 aliphatic heterocycles. The van der Waals surface area contributed by atoms with Gasteiger partial charge in [0.2, 0.25) is 0 Å². The summed E-state index contributed by atoms with van der Waals surface area (Å²) >= 11 is 1.56. The van der Waals surface area contributed by atoms with Gasteiger partial charge in [-0.3, -0.25) is 4.79 Å². The van der Waals surface area contributed by atoms with Gasteiger partial charge in [-0.1, -0.05) is 105 Å². The summed E-state index contributed by atoms with van der Waals surface area (Å²) in [7, 11) is 0. The second kappa shape index (κ2) is 13.0. The summed E-state index contributed by atoms with van der Waals surface area (Å²) in [4.78, 5) is 33.2. The molecule has 10 rings (SSSR count). The predicted octanol–water partition coefficient (Wildman–Crippen LogP) is 9.96. The minimum Gasteiger partial charge on any atom is -0.393 e. The zero-order valence-electron chi connectivity index (χ0n) is 32.6. The summed E-state index contributed by atoms with van der Waals surface area (Å²) in [5.74, 6) is 0.314. The first-order chi connectivity index (χ1) is 26.3. The molecule has 4 aromatic rings. The number of Topliss-reactive ketones (excluding diaryl/α,β-unsaturated/α-hetero) is 1. The number of ketones is 1. The van der Waals surface area contributed by atoms with Crippen molar-refractivity contribution in [3.8, 4) is 0 Å². The molecule has 3 aromatic carbocycles. The van der Waals surface area contributed by atoms with Gasteiger partial charge in [0.05, 0.1) is 29.2 Å². The van der Waals surface area contributed by atoms with Gasteiger partial charge in [0.1, 0.15) is 0 Å². The van der Waals surface area contributed by atoms with Crippen LogP contribution in [-0.4, -0.2) is 45.2 Å². The second-order valence-corrected chi connectivity index (χ2v) is 19.4. The number of nitrogens with zero attached hydrogens (tertiary/aromatic N) is 1. The average Bonchev–Trinajstić information content (AvgIpc) is 3.74. The molecular weight excluding hydrogens is 701 g/mol. The number of aryl methyl sites for hydroxylation is 1. The molecule has 7 heteroatoms. The van der Waals surface area contributed by atoms with E-state index in [0.717, 1.165) is 69.3 Å². The van der Waals surface area contributed by atoms with Crippen molar-refractivity contribution in [2.75, 3.05) is 6.54 Å². The lowest BCUT2D eigenvalue weighted by molar-refractivity contribution is -0.174. The first-order valence-corrected chi connectivity index (χ1v) is 21.2. The fraction of sp³-hybridized carbons (Fsp3) is 0.458. The van der Waals surface area contributed by atoms with Gasteiger partial charge in [-0.05, 0) is 110 Å². The van der Waals surface area contributed by atoms with E-state index >= 15 is 0 Å². The van der Waals surface area contributed by atoms with Gasteiger partial charge in [0.15, 0.2) is 5.78 Å². The molecule has 2 bridgehead atoms. The molecule has 1 unspecified atom stereocenters. The number of carbonyl (C=O) groups excluding carboxylic acids is 2. The number of amides is 2. The van der Waals surface area contributed by atoms with Crippen LogP contribution in [0.5, 0.6) is 0 Å². The predicted molar refractivity (Wildman–Crippen MR) is 220 cm³/mol. The first kappa shape index (κ1) is 36.6. The maximum absolute atomic E-state index is 14.9. The Labute approximate surface area is 329 Å². The summed E-state index contributed by atoms with van der Waals surface area (Å²) < 4.78 is 0. The highest BCUT2D eigenvalue weighted by Gasteiger charge is 2.74. The number of benzene rings is 3. The standard InChI is InChI=1S/C48H54N2O4S/c1-31-17-18-39(55-31)42(52)38-28-46-25-26-48(38)40(44(46,3)22-19-36(51)27-46)20-23-45(4)41(48)21-24-47(45,54)30-50(43(53)49-32(2)33-11-6-5-7-12-33)29-35-15-10-14-34-13-8-9-16-37(34)35/h5-18,25-26,28,32,36,40-41,51,54H,19-24,27,29-30H2,1-4H3,(H,49,53)/t32-,36?,40-,41-,44-,45+,46+,47-,48-/m1/s1. The third-order valence-electron chi connectivity index (χ3n) is 15.5. The molecule has 55 heavy (non-hydrogen) atoms. The number of thiophene rings is 1. The molecule has 0 saturated heterocycles. The SMILES string of the molecule is Cc1ccc(C(=O)C2=C[C@@]34C=C[C@@]25[C@@H]2CC[C@@](O)(CN(Cc6cccc7ccccc67)C(=O)N[C@H](C)c6ccccc6)[C@@]2(C)CC[C@@H]5[C@@]3(C)CCC(O)C4)s1. The number of rotatable bonds is 8. The van der Waals surface area contributed by atoms with Crippen LogP contribution < -0.4 is 5.32 Å². The molecule has 2 amide bonds. The van der Waals surface area contributed by atoms with E-state index in [1.165, 1.54) is 0 Å². The zero-order valence-corrected chi connectivity index (χ0v) is 33.4. The first-order valence-electron chi connectivity index (χ1n) is 20.3. The molecule has 1 aromatic heterocycles. The van der Waals surface area contributed by atoms with Gasteiger partial charge in [-0.2, -0.15) is 0 Å². The van der Waals surface area contributed by atoms with Gasteiger partial charge in [0.25, 0.3) is 0 Å². The summed E-state index contributed by atoms with van der Waals surface area (Å²) in [6.07, 6.45) is 11.9. The topological polar surface area (TPSA) is 89.9 Å². The fourth-order valence-electron chi connectivity index (χ4n) is 12.5. The lowest BCUT2D eigenvalue weighted by Gasteiger charge is -2.71. The molecule has 3 fully saturated rings. The fourth-order valence-corrected chi connectivity index (χ4v) is 13.4. The van der Waals surface area contributed by atoms with Crippen LogP contribution in [0.15, 0.2) is 109 Å². The number of carbonyl (C=O) groups is 2. The monoisotopic (exact) mass is 754 g/mol. The van der Waals surface area contributed by atoms with Gasteiger partial charge in [0, 0.05) is 33.2 Å². The van der Waals surface area contributed by atoms with E-state index in [-0.39, 0.29) is 47.1 Å². The molecule has 3 N–H and O–H groups in total. The summed E-state index contributed by atoms with van der Waals surface area (Å²) in [6.45, 7) is 9.27. The van der Waals surface area contributed by atoms with Crippen molar-refractivity contribution in [1.29, 1.82) is 0 Å². The van der Waals surface area contributed by atoms with Crippen molar-refractivity contribution in [3.05, 3.63) is 130 Å². The minimum absolute atomic E-state index is 0.00365. The molecule has 286 valence electrons. The highest BCUT2D eigenvalue weighted by Crippen LogP contribution is 2.78. The van der Waals surface area contributed by atoms with E-state index in [4.69, 9.17) is 0 Å². The average molecular weight is 755 g/mol. The molecule has 6 nitrogen and oxygen atoms in total. The molecule has 0 radical (unpaired) electrons. The quantitative estimate of drug-likeness (QED) is 0.123. The summed E-state index contributed by atoms with van der Waals surface area (Å²) in [5.41, 5.74) is 0.155. The number of fused-ring (bicyclic) bond motifs is 2. The Bertz CT molecular complexity index is 2220. The number of aliphatic hydroxyl groups excluding tert-OH is 1. The highest BCUT2D eigenvalue weighted by atomic mass is 32.1. The van der Waals surface area contributed by atoms with E-state index in [0.29, 0.717) is 19.4 Å². The Morgan fingerprint density at radius 1 is 0.873 bits per heavy atom. The van der Waals surface area contributed by atoms with Crippen molar-refractivity contribution in [2.24, 2.45) is 33.5 Å². The second-order valence-electron chi connectivity index (χ2n) is 18.1. The van der Waals surface area contributed by atoms with Crippen molar-refractivity contribution in [1.82, 2.24) is 10.2 Å². The van der Waals surface area contributed by atoms with Gasteiger partial charge >= 0.3 is 6.03 Å². The van der Waals surface area contributed by atoms with Crippen molar-refractivity contribution >= 4 is 33.9 Å². The molecule has 9 atom stereocenters. The zero-order chi connectivity index (χ0) is 38.4. The minimum atomic E-state index is -1.19. The van der Waals surface area contributed by atoms with Crippen LogP contribution in [0.1, 0.15) is 97.4 Å². The smallest absolute Gasteiger partial charge is 0.318 e. The van der Waals surface area contributed by atoms with Gasteiger partial charge in [-0.25, -0.2) is 4.79 Å². The normalized spacial score (nSPS) is 35.0. The number of aliphatic hydroxyl groups is 2. The number of urea groups is 1. The van der Waals surface area contributed by atoms with E-state index in [9.17, 15) is 19.8 Å². The van der Waals surface area contributed by atoms with Gasteiger partial charge in [-0.15, -0.1) is 11.3 Å². The molecular formula is C48H54N2O4S. The van der Waals surface area contributed by atoms with Crippen LogP contribution in [0.4, 0.5) is 4.79 Å². The molecule has 1 heterocycles. The Kier molecular flexibility index (Phi) is 8.65. The highest BCUT2D eigenvalue weighted by molar-refractivity contribution is 7.14. The lowest BCUT2D eigenvalue weighted by atomic mass is 9.32.